The fraction of sp³-hybridized carbons (Fsp3) is 0.400. The molecule has 0 saturated heterocycles. The van der Waals surface area contributed by atoms with Gasteiger partial charge >= 0.3 is 0 Å². The molecule has 10 heteroatoms. The molecule has 2 aromatic heterocycles. The second-order valence-corrected chi connectivity index (χ2v) is 7.68. The largest absolute Gasteiger partial charge is 0.476 e. The highest BCUT2D eigenvalue weighted by atomic mass is 35.5. The zero-order chi connectivity index (χ0) is 21.5. The van der Waals surface area contributed by atoms with Crippen molar-refractivity contribution in [2.75, 3.05) is 26.1 Å². The van der Waals surface area contributed by atoms with Crippen LogP contribution >= 0.6 is 23.4 Å². The number of nitrogens with zero attached hydrogens (tertiary/aromatic N) is 5. The van der Waals surface area contributed by atoms with Crippen molar-refractivity contribution in [3.05, 3.63) is 41.0 Å². The molecule has 8 nitrogen and oxygen atoms in total. The number of halogens is 1. The van der Waals surface area contributed by atoms with Crippen LogP contribution in [0.4, 0.5) is 0 Å². The van der Waals surface area contributed by atoms with Gasteiger partial charge in [-0.2, -0.15) is 0 Å². The van der Waals surface area contributed by atoms with Crippen LogP contribution in [0.3, 0.4) is 0 Å². The number of Topliss-reactive ketones (excluding diaryl/α,β-unsaturated/α-hetero) is 1. The average Bonchev–Trinajstić information content (AvgIpc) is 3.34. The lowest BCUT2D eigenvalue weighted by atomic mass is 10.1. The Balaban J connectivity index is 1.85. The Hall–Kier alpha value is -2.36. The monoisotopic (exact) mass is 449 g/mol. The number of methoxy groups -OCH3 is 1. The summed E-state index contributed by atoms with van der Waals surface area (Å²) < 4.78 is 14.7. The molecule has 0 radical (unpaired) electrons. The molecule has 0 bridgehead atoms. The highest BCUT2D eigenvalue weighted by molar-refractivity contribution is 7.99. The molecule has 3 aromatic rings. The molecule has 0 aliphatic carbocycles. The SMILES string of the molecule is CCOc1nn(CC)cc1-c1nnc(SCC(=O)c2ccc(Cl)cc2)n1CCOC. The van der Waals surface area contributed by atoms with Gasteiger partial charge in [-0.25, -0.2) is 0 Å². The van der Waals surface area contributed by atoms with Crippen LogP contribution in [0.1, 0.15) is 24.2 Å². The Labute approximate surface area is 184 Å². The second kappa shape index (κ2) is 10.6. The molecule has 0 aliphatic heterocycles. The Morgan fingerprint density at radius 1 is 1.20 bits per heavy atom. The van der Waals surface area contributed by atoms with Crippen LogP contribution in [0.15, 0.2) is 35.6 Å². The lowest BCUT2D eigenvalue weighted by Crippen LogP contribution is -2.09. The third-order valence-corrected chi connectivity index (χ3v) is 5.53. The van der Waals surface area contributed by atoms with E-state index in [0.717, 1.165) is 5.56 Å². The van der Waals surface area contributed by atoms with Gasteiger partial charge in [0.05, 0.1) is 25.5 Å². The maximum atomic E-state index is 12.5. The van der Waals surface area contributed by atoms with Crippen LogP contribution in [0.2, 0.25) is 5.02 Å². The lowest BCUT2D eigenvalue weighted by Gasteiger charge is -2.09. The molecular formula is C20H24ClN5O3S. The molecule has 0 N–H and O–H groups in total. The zero-order valence-corrected chi connectivity index (χ0v) is 18.7. The summed E-state index contributed by atoms with van der Waals surface area (Å²) >= 11 is 7.24. The Kier molecular flexibility index (Phi) is 7.89. The average molecular weight is 450 g/mol. The van der Waals surface area contributed by atoms with Crippen molar-refractivity contribution in [3.63, 3.8) is 0 Å². The van der Waals surface area contributed by atoms with E-state index in [-0.39, 0.29) is 11.5 Å². The van der Waals surface area contributed by atoms with Gasteiger partial charge in [0.15, 0.2) is 16.8 Å². The van der Waals surface area contributed by atoms with Gasteiger partial charge in [0.25, 0.3) is 0 Å². The third kappa shape index (κ3) is 5.21. The van der Waals surface area contributed by atoms with Crippen molar-refractivity contribution in [2.24, 2.45) is 0 Å². The fourth-order valence-electron chi connectivity index (χ4n) is 2.79. The molecule has 0 atom stereocenters. The minimum Gasteiger partial charge on any atom is -0.476 e. The van der Waals surface area contributed by atoms with Crippen LogP contribution in [0.5, 0.6) is 5.88 Å². The van der Waals surface area contributed by atoms with E-state index in [0.29, 0.717) is 53.8 Å². The number of aryl methyl sites for hydroxylation is 1. The van der Waals surface area contributed by atoms with Crippen molar-refractivity contribution >= 4 is 29.1 Å². The number of benzene rings is 1. The number of carbonyl (C=O) groups excluding carboxylic acids is 1. The molecular weight excluding hydrogens is 426 g/mol. The maximum absolute atomic E-state index is 12.5. The zero-order valence-electron chi connectivity index (χ0n) is 17.2. The summed E-state index contributed by atoms with van der Waals surface area (Å²) in [7, 11) is 1.64. The van der Waals surface area contributed by atoms with Gasteiger partial charge in [-0.15, -0.1) is 15.3 Å². The highest BCUT2D eigenvalue weighted by Gasteiger charge is 2.21. The van der Waals surface area contributed by atoms with E-state index in [1.54, 1.807) is 36.1 Å². The summed E-state index contributed by atoms with van der Waals surface area (Å²) in [6.45, 7) is 6.15. The maximum Gasteiger partial charge on any atom is 0.243 e. The molecule has 3 rings (SSSR count). The normalized spacial score (nSPS) is 11.1. The Bertz CT molecular complexity index is 987. The first-order chi connectivity index (χ1) is 14.6. The number of thioether (sulfide) groups is 1. The van der Waals surface area contributed by atoms with Crippen molar-refractivity contribution in [1.82, 2.24) is 24.5 Å². The summed E-state index contributed by atoms with van der Waals surface area (Å²) in [5.74, 6) is 1.38. The molecule has 30 heavy (non-hydrogen) atoms. The van der Waals surface area contributed by atoms with E-state index in [4.69, 9.17) is 21.1 Å². The fourth-order valence-corrected chi connectivity index (χ4v) is 3.78. The van der Waals surface area contributed by atoms with Crippen LogP contribution < -0.4 is 4.74 Å². The smallest absolute Gasteiger partial charge is 0.243 e. The summed E-state index contributed by atoms with van der Waals surface area (Å²) in [6.07, 6.45) is 1.89. The van der Waals surface area contributed by atoms with E-state index < -0.39 is 0 Å². The Morgan fingerprint density at radius 3 is 2.63 bits per heavy atom. The minimum absolute atomic E-state index is 0.00619. The summed E-state index contributed by atoms with van der Waals surface area (Å²) in [5, 5.41) is 14.4. The molecule has 0 saturated carbocycles. The van der Waals surface area contributed by atoms with Crippen LogP contribution in [0, 0.1) is 0 Å². The number of ketones is 1. The van der Waals surface area contributed by atoms with Gasteiger partial charge in [-0.3, -0.25) is 14.0 Å². The number of rotatable bonds is 11. The second-order valence-electron chi connectivity index (χ2n) is 6.31. The van der Waals surface area contributed by atoms with Gasteiger partial charge in [0.2, 0.25) is 5.88 Å². The van der Waals surface area contributed by atoms with E-state index in [1.165, 1.54) is 11.8 Å². The van der Waals surface area contributed by atoms with E-state index in [1.807, 2.05) is 24.6 Å². The molecule has 0 spiro atoms. The van der Waals surface area contributed by atoms with Crippen molar-refractivity contribution < 1.29 is 14.3 Å². The van der Waals surface area contributed by atoms with Crippen molar-refractivity contribution in [3.8, 4) is 17.3 Å². The first kappa shape index (κ1) is 22.3. The van der Waals surface area contributed by atoms with Crippen LogP contribution in [-0.2, 0) is 17.8 Å². The third-order valence-electron chi connectivity index (χ3n) is 4.31. The predicted octanol–water partition coefficient (Wildman–Crippen LogP) is 3.84. The number of aromatic nitrogens is 5. The molecule has 160 valence electrons. The molecule has 0 unspecified atom stereocenters. The minimum atomic E-state index is -0.00619. The standard InChI is InChI=1S/C20H24ClN5O3S/c1-4-25-12-16(19(24-25)29-5-2)18-22-23-20(26(18)10-11-28-3)30-13-17(27)14-6-8-15(21)9-7-14/h6-9,12H,4-5,10-11,13H2,1-3H3. The lowest BCUT2D eigenvalue weighted by molar-refractivity contribution is 0.102. The van der Waals surface area contributed by atoms with Gasteiger partial charge in [0, 0.05) is 30.4 Å². The Morgan fingerprint density at radius 2 is 1.97 bits per heavy atom. The predicted molar refractivity (Wildman–Crippen MR) is 116 cm³/mol. The first-order valence-electron chi connectivity index (χ1n) is 9.61. The van der Waals surface area contributed by atoms with Crippen molar-refractivity contribution in [2.45, 2.75) is 32.1 Å². The molecule has 1 aromatic carbocycles. The summed E-state index contributed by atoms with van der Waals surface area (Å²) in [5.41, 5.74) is 1.37. The van der Waals surface area contributed by atoms with E-state index in [9.17, 15) is 4.79 Å². The summed E-state index contributed by atoms with van der Waals surface area (Å²) in [4.78, 5) is 12.5. The molecule has 0 aliphatic rings. The first-order valence-corrected chi connectivity index (χ1v) is 11.0. The number of hydrogen-bond donors (Lipinski definition) is 0. The van der Waals surface area contributed by atoms with E-state index in [2.05, 4.69) is 15.3 Å². The molecule has 0 fully saturated rings. The number of ether oxygens (including phenoxy) is 2. The number of hydrogen-bond acceptors (Lipinski definition) is 7. The van der Waals surface area contributed by atoms with Gasteiger partial charge in [-0.1, -0.05) is 23.4 Å². The van der Waals surface area contributed by atoms with Gasteiger partial charge in [-0.05, 0) is 38.1 Å². The quantitative estimate of drug-likeness (QED) is 0.325. The van der Waals surface area contributed by atoms with Crippen LogP contribution in [0.25, 0.3) is 11.4 Å². The van der Waals surface area contributed by atoms with Gasteiger partial charge in [0.1, 0.15) is 5.56 Å². The van der Waals surface area contributed by atoms with Crippen molar-refractivity contribution in [1.29, 1.82) is 0 Å². The summed E-state index contributed by atoms with van der Waals surface area (Å²) in [6, 6.07) is 6.86. The molecule has 0 amide bonds. The van der Waals surface area contributed by atoms with E-state index >= 15 is 0 Å². The molecule has 2 heterocycles. The highest BCUT2D eigenvalue weighted by Crippen LogP contribution is 2.30. The number of carbonyl (C=O) groups is 1. The van der Waals surface area contributed by atoms with Gasteiger partial charge < -0.3 is 9.47 Å². The topological polar surface area (TPSA) is 84.1 Å². The van der Waals surface area contributed by atoms with Crippen LogP contribution in [-0.4, -0.2) is 56.4 Å².